The molecule has 8 heteroatoms. The van der Waals surface area contributed by atoms with E-state index in [0.717, 1.165) is 0 Å². The Bertz CT molecular complexity index is 294. The minimum atomic E-state index is -4.27. The fraction of sp³-hybridized carbons (Fsp3) is 0.600. The van der Waals surface area contributed by atoms with Gasteiger partial charge >= 0.3 is 22.2 Å². The maximum Gasteiger partial charge on any atom is 0.382 e. The number of hydrogen-bond acceptors (Lipinski definition) is 5. The van der Waals surface area contributed by atoms with Gasteiger partial charge in [-0.15, -0.1) is 0 Å². The summed E-state index contributed by atoms with van der Waals surface area (Å²) in [5.41, 5.74) is 0. The molecule has 0 radical (unpaired) electrons. The van der Waals surface area contributed by atoms with Gasteiger partial charge in [-0.1, -0.05) is 0 Å². The van der Waals surface area contributed by atoms with E-state index in [-0.39, 0.29) is 19.3 Å². The Morgan fingerprint density at radius 3 is 2.23 bits per heavy atom. The van der Waals surface area contributed by atoms with Crippen LogP contribution in [0.2, 0.25) is 0 Å². The molecule has 0 spiro atoms. The third kappa shape index (κ3) is 8.76. The van der Waals surface area contributed by atoms with E-state index in [1.54, 1.807) is 0 Å². The van der Waals surface area contributed by atoms with E-state index in [1.165, 1.54) is 0 Å². The molecule has 0 bridgehead atoms. The van der Waals surface area contributed by atoms with Crippen molar-refractivity contribution in [1.29, 1.82) is 0 Å². The topological polar surface area (TPSA) is 124 Å². The molecular weight excluding hydrogens is 202 g/mol. The molecule has 0 atom stereocenters. The number of aliphatic carboxylic acids is 1. The maximum atomic E-state index is 10.6. The lowest BCUT2D eigenvalue weighted by molar-refractivity contribution is -0.137. The molecule has 0 aliphatic rings. The Kier molecular flexibility index (Phi) is 4.35. The van der Waals surface area contributed by atoms with Gasteiger partial charge in [0.15, 0.2) is 0 Å². The highest BCUT2D eigenvalue weighted by Gasteiger charge is 2.11. The minimum Gasteiger partial charge on any atom is -0.481 e. The highest BCUT2D eigenvalue weighted by Crippen LogP contribution is 1.98. The van der Waals surface area contributed by atoms with Crippen LogP contribution < -0.4 is 5.14 Å². The van der Waals surface area contributed by atoms with Crippen molar-refractivity contribution in [1.82, 2.24) is 0 Å². The summed E-state index contributed by atoms with van der Waals surface area (Å²) in [6.45, 7) is 0. The van der Waals surface area contributed by atoms with Crippen LogP contribution in [0.4, 0.5) is 0 Å². The first-order chi connectivity index (χ1) is 5.81. The summed E-state index contributed by atoms with van der Waals surface area (Å²) in [4.78, 5) is 20.5. The fourth-order valence-electron chi connectivity index (χ4n) is 0.555. The molecule has 0 saturated carbocycles. The van der Waals surface area contributed by atoms with Crippen molar-refractivity contribution in [2.45, 2.75) is 19.3 Å². The largest absolute Gasteiger partial charge is 0.481 e. The second-order valence-corrected chi connectivity index (χ2v) is 3.35. The summed E-state index contributed by atoms with van der Waals surface area (Å²) in [7, 11) is -4.27. The molecule has 0 fully saturated rings. The van der Waals surface area contributed by atoms with Crippen LogP contribution in [-0.2, 0) is 24.1 Å². The summed E-state index contributed by atoms with van der Waals surface area (Å²) in [5, 5.41) is 12.5. The first kappa shape index (κ1) is 11.8. The Labute approximate surface area is 74.7 Å². The van der Waals surface area contributed by atoms with E-state index in [0.29, 0.717) is 0 Å². The maximum absolute atomic E-state index is 10.6. The molecule has 0 aromatic carbocycles. The van der Waals surface area contributed by atoms with Crippen LogP contribution in [0, 0.1) is 0 Å². The molecule has 0 aromatic rings. The lowest BCUT2D eigenvalue weighted by Crippen LogP contribution is -2.20. The average molecular weight is 211 g/mol. The van der Waals surface area contributed by atoms with E-state index >= 15 is 0 Å². The van der Waals surface area contributed by atoms with Crippen LogP contribution in [0.1, 0.15) is 19.3 Å². The molecule has 13 heavy (non-hydrogen) atoms. The fourth-order valence-corrected chi connectivity index (χ4v) is 0.898. The van der Waals surface area contributed by atoms with Crippen molar-refractivity contribution in [2.24, 2.45) is 5.14 Å². The number of carbonyl (C=O) groups excluding carboxylic acids is 1. The minimum absolute atomic E-state index is 0.0175. The van der Waals surface area contributed by atoms with Gasteiger partial charge in [-0.05, 0) is 6.42 Å². The number of hydrogen-bond donors (Lipinski definition) is 2. The van der Waals surface area contributed by atoms with E-state index in [9.17, 15) is 18.0 Å². The van der Waals surface area contributed by atoms with Crippen molar-refractivity contribution in [3.8, 4) is 0 Å². The van der Waals surface area contributed by atoms with Crippen molar-refractivity contribution < 1.29 is 27.3 Å². The normalized spacial score (nSPS) is 10.8. The number of carbonyl (C=O) groups is 2. The molecule has 0 aliphatic carbocycles. The monoisotopic (exact) mass is 211 g/mol. The van der Waals surface area contributed by atoms with Gasteiger partial charge in [0, 0.05) is 12.8 Å². The highest BCUT2D eigenvalue weighted by molar-refractivity contribution is 7.84. The lowest BCUT2D eigenvalue weighted by Gasteiger charge is -1.98. The van der Waals surface area contributed by atoms with Gasteiger partial charge < -0.3 is 9.29 Å². The predicted octanol–water partition coefficient (Wildman–Crippen LogP) is -1.01. The van der Waals surface area contributed by atoms with Crippen LogP contribution in [0.25, 0.3) is 0 Å². The zero-order valence-corrected chi connectivity index (χ0v) is 7.41. The Morgan fingerprint density at radius 2 is 1.85 bits per heavy atom. The first-order valence-corrected chi connectivity index (χ1v) is 4.75. The second kappa shape index (κ2) is 4.77. The molecule has 3 N–H and O–H groups in total. The first-order valence-electron chi connectivity index (χ1n) is 3.28. The average Bonchev–Trinajstić information content (AvgIpc) is 1.81. The van der Waals surface area contributed by atoms with Crippen molar-refractivity contribution in [3.63, 3.8) is 0 Å². The van der Waals surface area contributed by atoms with Crippen LogP contribution >= 0.6 is 0 Å². The Morgan fingerprint density at radius 1 is 1.31 bits per heavy atom. The van der Waals surface area contributed by atoms with Crippen LogP contribution in [0.3, 0.4) is 0 Å². The molecule has 0 aliphatic heterocycles. The lowest BCUT2D eigenvalue weighted by atomic mass is 10.2. The van der Waals surface area contributed by atoms with Gasteiger partial charge in [0.25, 0.3) is 0 Å². The van der Waals surface area contributed by atoms with Gasteiger partial charge in [0.2, 0.25) is 0 Å². The zero-order chi connectivity index (χ0) is 10.5. The number of nitrogens with two attached hydrogens (primary N) is 1. The third-order valence-electron chi connectivity index (χ3n) is 0.981. The number of carboxylic acids is 1. The standard InChI is InChI=1S/C5H9NO6S/c6-13(10,11)12-5(9)3-1-2-4(7)8/h1-3H2,(H,7,8)(H2,6,10,11). The Hall–Kier alpha value is -1.15. The van der Waals surface area contributed by atoms with E-state index in [4.69, 9.17) is 5.11 Å². The van der Waals surface area contributed by atoms with E-state index < -0.39 is 22.2 Å². The van der Waals surface area contributed by atoms with Crippen molar-refractivity contribution in [2.75, 3.05) is 0 Å². The number of carboxylic acid groups (broad SMARTS) is 1. The zero-order valence-electron chi connectivity index (χ0n) is 6.60. The van der Waals surface area contributed by atoms with E-state index in [1.807, 2.05) is 0 Å². The van der Waals surface area contributed by atoms with Crippen LogP contribution in [0.15, 0.2) is 0 Å². The highest BCUT2D eigenvalue weighted by atomic mass is 32.2. The molecule has 0 rings (SSSR count). The quantitative estimate of drug-likeness (QED) is 0.600. The summed E-state index contributed by atoms with van der Waals surface area (Å²) in [5.74, 6) is -2.12. The summed E-state index contributed by atoms with van der Waals surface area (Å²) in [6.07, 6.45) is -0.494. The van der Waals surface area contributed by atoms with Gasteiger partial charge in [-0.3, -0.25) is 9.59 Å². The third-order valence-corrected chi connectivity index (χ3v) is 1.40. The molecule has 0 amide bonds. The molecule has 0 saturated heterocycles. The van der Waals surface area contributed by atoms with E-state index in [2.05, 4.69) is 9.32 Å². The smallest absolute Gasteiger partial charge is 0.382 e. The molecule has 0 aromatic heterocycles. The van der Waals surface area contributed by atoms with Gasteiger partial charge in [0.1, 0.15) is 0 Å². The predicted molar refractivity (Wildman–Crippen MR) is 40.7 cm³/mol. The molecular formula is C5H9NO6S. The second-order valence-electron chi connectivity index (χ2n) is 2.20. The van der Waals surface area contributed by atoms with Crippen molar-refractivity contribution >= 4 is 22.2 Å². The SMILES string of the molecule is NS(=O)(=O)OC(=O)CCCC(=O)O. The van der Waals surface area contributed by atoms with Gasteiger partial charge in [-0.25, -0.2) is 0 Å². The molecule has 0 heterocycles. The van der Waals surface area contributed by atoms with Crippen LogP contribution in [-0.4, -0.2) is 25.5 Å². The van der Waals surface area contributed by atoms with Crippen molar-refractivity contribution in [3.05, 3.63) is 0 Å². The number of rotatable bonds is 5. The summed E-state index contributed by atoms with van der Waals surface area (Å²) in [6, 6.07) is 0. The summed E-state index contributed by atoms with van der Waals surface area (Å²) < 4.78 is 24.1. The summed E-state index contributed by atoms with van der Waals surface area (Å²) >= 11 is 0. The molecule has 76 valence electrons. The van der Waals surface area contributed by atoms with Crippen LogP contribution in [0.5, 0.6) is 0 Å². The molecule has 7 nitrogen and oxygen atoms in total. The Balaban J connectivity index is 3.71. The molecule has 0 unspecified atom stereocenters. The van der Waals surface area contributed by atoms with Gasteiger partial charge in [0.05, 0.1) is 0 Å². The van der Waals surface area contributed by atoms with Gasteiger partial charge in [-0.2, -0.15) is 13.6 Å².